The van der Waals surface area contributed by atoms with Gasteiger partial charge in [0.2, 0.25) is 0 Å². The number of allylic oxidation sites excluding steroid dienone is 2. The largest absolute Gasteiger partial charge is 0.508 e. The van der Waals surface area contributed by atoms with Crippen LogP contribution in [0.5, 0.6) is 17.2 Å². The number of hydrogen-bond donors (Lipinski definition) is 2. The highest BCUT2D eigenvalue weighted by Crippen LogP contribution is 2.39. The fourth-order valence-electron chi connectivity index (χ4n) is 1.50. The van der Waals surface area contributed by atoms with Crippen LogP contribution >= 0.6 is 0 Å². The summed E-state index contributed by atoms with van der Waals surface area (Å²) in [4.78, 5) is 0. The molecule has 1 aromatic carbocycles. The van der Waals surface area contributed by atoms with Crippen LogP contribution in [0.25, 0.3) is 0 Å². The van der Waals surface area contributed by atoms with E-state index in [1.54, 1.807) is 13.0 Å². The first kappa shape index (κ1) is 12.4. The molecule has 3 nitrogen and oxygen atoms in total. The van der Waals surface area contributed by atoms with Crippen molar-refractivity contribution >= 4 is 0 Å². The monoisotopic (exact) mass is 222 g/mol. The van der Waals surface area contributed by atoms with Gasteiger partial charge in [0.25, 0.3) is 0 Å². The fraction of sp³-hybridized carbons (Fsp3) is 0.385. The summed E-state index contributed by atoms with van der Waals surface area (Å²) in [7, 11) is 1.48. The molecule has 0 amide bonds. The number of hydrogen-bond acceptors (Lipinski definition) is 3. The summed E-state index contributed by atoms with van der Waals surface area (Å²) in [6.45, 7) is 5.68. The lowest BCUT2D eigenvalue weighted by Crippen LogP contribution is -1.93. The Bertz CT molecular complexity index is 416. The van der Waals surface area contributed by atoms with Gasteiger partial charge in [0.1, 0.15) is 5.75 Å². The molecule has 0 aliphatic carbocycles. The molecule has 0 saturated carbocycles. The van der Waals surface area contributed by atoms with Crippen molar-refractivity contribution in [3.05, 3.63) is 28.8 Å². The molecule has 1 rings (SSSR count). The second-order valence-corrected chi connectivity index (χ2v) is 4.05. The first-order chi connectivity index (χ1) is 7.47. The lowest BCUT2D eigenvalue weighted by atomic mass is 10.0. The zero-order chi connectivity index (χ0) is 12.3. The molecule has 0 fully saturated rings. The molecular formula is C13H18O3. The third-order valence-corrected chi connectivity index (χ3v) is 2.49. The number of phenols is 2. The summed E-state index contributed by atoms with van der Waals surface area (Å²) < 4.78 is 5.07. The Morgan fingerprint density at radius 2 is 2.00 bits per heavy atom. The van der Waals surface area contributed by atoms with Crippen LogP contribution in [0.3, 0.4) is 0 Å². The first-order valence-corrected chi connectivity index (χ1v) is 5.19. The van der Waals surface area contributed by atoms with Crippen molar-refractivity contribution < 1.29 is 14.9 Å². The Labute approximate surface area is 96.0 Å². The molecule has 0 aliphatic rings. The molecular weight excluding hydrogens is 204 g/mol. The fourth-order valence-corrected chi connectivity index (χ4v) is 1.50. The van der Waals surface area contributed by atoms with E-state index in [9.17, 15) is 10.2 Å². The molecule has 0 aliphatic heterocycles. The lowest BCUT2D eigenvalue weighted by Gasteiger charge is -2.12. The van der Waals surface area contributed by atoms with Crippen LogP contribution < -0.4 is 4.74 Å². The van der Waals surface area contributed by atoms with Crippen LogP contribution in [-0.4, -0.2) is 17.3 Å². The summed E-state index contributed by atoms with van der Waals surface area (Å²) in [5.41, 5.74) is 2.39. The highest BCUT2D eigenvalue weighted by molar-refractivity contribution is 5.57. The van der Waals surface area contributed by atoms with Gasteiger partial charge in [0.15, 0.2) is 11.5 Å². The van der Waals surface area contributed by atoms with E-state index in [0.29, 0.717) is 23.3 Å². The maximum atomic E-state index is 9.94. The Kier molecular flexibility index (Phi) is 3.82. The van der Waals surface area contributed by atoms with E-state index in [0.717, 1.165) is 0 Å². The predicted molar refractivity (Wildman–Crippen MR) is 64.2 cm³/mol. The van der Waals surface area contributed by atoms with Crippen molar-refractivity contribution in [3.63, 3.8) is 0 Å². The number of rotatable bonds is 3. The smallest absolute Gasteiger partial charge is 0.167 e. The first-order valence-electron chi connectivity index (χ1n) is 5.19. The second kappa shape index (κ2) is 4.92. The van der Waals surface area contributed by atoms with Crippen molar-refractivity contribution in [1.29, 1.82) is 0 Å². The third kappa shape index (κ3) is 2.48. The average Bonchev–Trinajstić information content (AvgIpc) is 2.22. The lowest BCUT2D eigenvalue weighted by molar-refractivity contribution is 0.362. The molecule has 0 bridgehead atoms. The van der Waals surface area contributed by atoms with Crippen molar-refractivity contribution in [2.24, 2.45) is 0 Å². The summed E-state index contributed by atoms with van der Waals surface area (Å²) in [5, 5.41) is 19.6. The molecule has 0 saturated heterocycles. The minimum atomic E-state index is 0.107. The normalized spacial score (nSPS) is 10.0. The Morgan fingerprint density at radius 1 is 1.38 bits per heavy atom. The average molecular weight is 222 g/mol. The van der Waals surface area contributed by atoms with Gasteiger partial charge in [0, 0.05) is 11.1 Å². The summed E-state index contributed by atoms with van der Waals surface area (Å²) in [6, 6.07) is 1.58. The second-order valence-electron chi connectivity index (χ2n) is 4.05. The molecule has 16 heavy (non-hydrogen) atoms. The van der Waals surface area contributed by atoms with Crippen LogP contribution in [0.2, 0.25) is 0 Å². The van der Waals surface area contributed by atoms with Crippen molar-refractivity contribution in [1.82, 2.24) is 0 Å². The molecule has 0 spiro atoms. The van der Waals surface area contributed by atoms with E-state index in [2.05, 4.69) is 0 Å². The van der Waals surface area contributed by atoms with Crippen LogP contribution in [-0.2, 0) is 6.42 Å². The molecule has 0 heterocycles. The number of ether oxygens (including phenoxy) is 1. The van der Waals surface area contributed by atoms with Gasteiger partial charge < -0.3 is 14.9 Å². The molecule has 0 aromatic heterocycles. The van der Waals surface area contributed by atoms with Gasteiger partial charge in [-0.05, 0) is 33.3 Å². The van der Waals surface area contributed by atoms with Gasteiger partial charge in [-0.25, -0.2) is 0 Å². The van der Waals surface area contributed by atoms with Gasteiger partial charge in [-0.2, -0.15) is 0 Å². The molecule has 3 heteroatoms. The van der Waals surface area contributed by atoms with Crippen LogP contribution in [0.15, 0.2) is 17.7 Å². The van der Waals surface area contributed by atoms with E-state index in [-0.39, 0.29) is 11.5 Å². The molecule has 2 N–H and O–H groups in total. The number of phenolic OH excluding ortho intramolecular Hbond substituents is 2. The zero-order valence-electron chi connectivity index (χ0n) is 10.2. The quantitative estimate of drug-likeness (QED) is 0.610. The van der Waals surface area contributed by atoms with Crippen molar-refractivity contribution in [3.8, 4) is 17.2 Å². The van der Waals surface area contributed by atoms with E-state index in [1.165, 1.54) is 12.7 Å². The summed E-state index contributed by atoms with van der Waals surface area (Å²) >= 11 is 0. The van der Waals surface area contributed by atoms with Gasteiger partial charge >= 0.3 is 0 Å². The molecule has 0 radical (unpaired) electrons. The Balaban J connectivity index is 3.21. The molecule has 1 aromatic rings. The third-order valence-electron chi connectivity index (χ3n) is 2.49. The summed E-state index contributed by atoms with van der Waals surface area (Å²) in [5.74, 6) is 0.597. The minimum Gasteiger partial charge on any atom is -0.508 e. The van der Waals surface area contributed by atoms with Crippen LogP contribution in [0.1, 0.15) is 25.0 Å². The maximum Gasteiger partial charge on any atom is 0.167 e. The molecule has 0 unspecified atom stereocenters. The number of benzene rings is 1. The van der Waals surface area contributed by atoms with E-state index in [4.69, 9.17) is 4.74 Å². The van der Waals surface area contributed by atoms with Gasteiger partial charge in [0.05, 0.1) is 7.11 Å². The number of methoxy groups -OCH3 is 1. The van der Waals surface area contributed by atoms with Crippen molar-refractivity contribution in [2.75, 3.05) is 7.11 Å². The minimum absolute atomic E-state index is 0.107. The Morgan fingerprint density at radius 3 is 2.50 bits per heavy atom. The van der Waals surface area contributed by atoms with Gasteiger partial charge in [-0.3, -0.25) is 0 Å². The predicted octanol–water partition coefficient (Wildman–Crippen LogP) is 2.92. The molecule has 88 valence electrons. The van der Waals surface area contributed by atoms with Crippen LogP contribution in [0.4, 0.5) is 0 Å². The highest BCUT2D eigenvalue weighted by atomic mass is 16.5. The number of aromatic hydroxyl groups is 2. The van der Waals surface area contributed by atoms with E-state index < -0.39 is 0 Å². The maximum absolute atomic E-state index is 9.94. The summed E-state index contributed by atoms with van der Waals surface area (Å²) in [6.07, 6.45) is 2.57. The van der Waals surface area contributed by atoms with E-state index in [1.807, 2.05) is 19.9 Å². The standard InChI is InChI=1S/C13H18O3/c1-8(2)5-6-10-7-11(14)9(3)13(16-4)12(10)15/h5,7,14-15H,6H2,1-4H3. The Hall–Kier alpha value is -1.64. The topological polar surface area (TPSA) is 49.7 Å². The van der Waals surface area contributed by atoms with Gasteiger partial charge in [-0.1, -0.05) is 11.6 Å². The van der Waals surface area contributed by atoms with Gasteiger partial charge in [-0.15, -0.1) is 0 Å². The van der Waals surface area contributed by atoms with Crippen LogP contribution in [0, 0.1) is 6.92 Å². The SMILES string of the molecule is COc1c(C)c(O)cc(CC=C(C)C)c1O. The zero-order valence-corrected chi connectivity index (χ0v) is 10.2. The molecule has 0 atom stereocenters. The highest BCUT2D eigenvalue weighted by Gasteiger charge is 2.14. The van der Waals surface area contributed by atoms with Crippen molar-refractivity contribution in [2.45, 2.75) is 27.2 Å². The van der Waals surface area contributed by atoms with E-state index >= 15 is 0 Å².